The molecule has 2 heterocycles. The van der Waals surface area contributed by atoms with Crippen molar-refractivity contribution in [2.24, 2.45) is 0 Å². The van der Waals surface area contributed by atoms with Gasteiger partial charge in [-0.2, -0.15) is 9.40 Å². The van der Waals surface area contributed by atoms with Gasteiger partial charge in [0.25, 0.3) is 0 Å². The number of benzene rings is 1. The first-order valence-corrected chi connectivity index (χ1v) is 7.80. The molecule has 1 saturated heterocycles. The number of sulfonamides is 1. The molecule has 0 radical (unpaired) electrons. The first-order valence-electron chi connectivity index (χ1n) is 6.36. The first kappa shape index (κ1) is 13.3. The minimum atomic E-state index is -3.46. The third-order valence-electron chi connectivity index (χ3n) is 3.25. The molecule has 0 atom stereocenters. The number of ether oxygens (including phenoxy) is 1. The van der Waals surface area contributed by atoms with Crippen molar-refractivity contribution >= 4 is 10.0 Å². The molecule has 0 saturated carbocycles. The number of nitrogens with one attached hydrogen (secondary N) is 1. The Labute approximate surface area is 117 Å². The Morgan fingerprint density at radius 3 is 2.70 bits per heavy atom. The van der Waals surface area contributed by atoms with Crippen LogP contribution in [0.1, 0.15) is 0 Å². The van der Waals surface area contributed by atoms with Gasteiger partial charge in [0.2, 0.25) is 10.0 Å². The lowest BCUT2D eigenvalue weighted by Gasteiger charge is -2.26. The molecule has 2 aromatic rings. The molecule has 20 heavy (non-hydrogen) atoms. The molecule has 7 heteroatoms. The third kappa shape index (κ3) is 2.47. The van der Waals surface area contributed by atoms with Crippen LogP contribution >= 0.6 is 0 Å². The van der Waals surface area contributed by atoms with Crippen molar-refractivity contribution in [3.63, 3.8) is 0 Å². The molecule has 1 fully saturated rings. The fourth-order valence-corrected chi connectivity index (χ4v) is 3.63. The Kier molecular flexibility index (Phi) is 3.56. The molecule has 1 aromatic carbocycles. The first-order chi connectivity index (χ1) is 9.68. The van der Waals surface area contributed by atoms with E-state index in [1.54, 1.807) is 30.5 Å². The highest BCUT2D eigenvalue weighted by Crippen LogP contribution is 2.23. The SMILES string of the molecule is O=S(=O)(c1cccc(-c2ccn[nH]2)c1)N1CCOCC1. The van der Waals surface area contributed by atoms with Crippen LogP contribution in [0.3, 0.4) is 0 Å². The largest absolute Gasteiger partial charge is 0.379 e. The van der Waals surface area contributed by atoms with Gasteiger partial charge in [-0.3, -0.25) is 5.10 Å². The Morgan fingerprint density at radius 1 is 1.20 bits per heavy atom. The summed E-state index contributed by atoms with van der Waals surface area (Å²) >= 11 is 0. The van der Waals surface area contributed by atoms with Crippen LogP contribution in [0, 0.1) is 0 Å². The molecule has 0 aliphatic carbocycles. The summed E-state index contributed by atoms with van der Waals surface area (Å²) in [4.78, 5) is 0.298. The molecule has 106 valence electrons. The van der Waals surface area contributed by atoms with E-state index in [2.05, 4.69) is 10.2 Å². The molecule has 0 bridgehead atoms. The normalized spacial score (nSPS) is 17.2. The van der Waals surface area contributed by atoms with Gasteiger partial charge in [0.15, 0.2) is 0 Å². The van der Waals surface area contributed by atoms with E-state index in [0.29, 0.717) is 31.2 Å². The van der Waals surface area contributed by atoms with E-state index >= 15 is 0 Å². The number of aromatic amines is 1. The molecular weight excluding hydrogens is 278 g/mol. The molecule has 0 amide bonds. The number of aromatic nitrogens is 2. The van der Waals surface area contributed by atoms with Gasteiger partial charge < -0.3 is 4.74 Å². The van der Waals surface area contributed by atoms with Crippen LogP contribution in [0.5, 0.6) is 0 Å². The number of rotatable bonds is 3. The summed E-state index contributed by atoms with van der Waals surface area (Å²) < 4.78 is 31.8. The number of hydrogen-bond acceptors (Lipinski definition) is 4. The summed E-state index contributed by atoms with van der Waals surface area (Å²) in [5.41, 5.74) is 1.60. The molecule has 1 aromatic heterocycles. The van der Waals surface area contributed by atoms with Crippen LogP contribution in [0.15, 0.2) is 41.4 Å². The summed E-state index contributed by atoms with van der Waals surface area (Å²) in [7, 11) is -3.46. The highest BCUT2D eigenvalue weighted by atomic mass is 32.2. The van der Waals surface area contributed by atoms with Crippen molar-refractivity contribution in [3.05, 3.63) is 36.5 Å². The average molecular weight is 293 g/mol. The highest BCUT2D eigenvalue weighted by molar-refractivity contribution is 7.89. The fourth-order valence-electron chi connectivity index (χ4n) is 2.18. The summed E-state index contributed by atoms with van der Waals surface area (Å²) in [5, 5.41) is 6.71. The van der Waals surface area contributed by atoms with Gasteiger partial charge in [-0.1, -0.05) is 12.1 Å². The van der Waals surface area contributed by atoms with E-state index < -0.39 is 10.0 Å². The Morgan fingerprint density at radius 2 is 2.00 bits per heavy atom. The maximum atomic E-state index is 12.6. The fraction of sp³-hybridized carbons (Fsp3) is 0.308. The van der Waals surface area contributed by atoms with Crippen molar-refractivity contribution < 1.29 is 13.2 Å². The second-order valence-corrected chi connectivity index (χ2v) is 6.45. The average Bonchev–Trinajstić information content (AvgIpc) is 3.03. The smallest absolute Gasteiger partial charge is 0.243 e. The second kappa shape index (κ2) is 5.35. The minimum absolute atomic E-state index is 0.298. The quantitative estimate of drug-likeness (QED) is 0.919. The lowest BCUT2D eigenvalue weighted by atomic mass is 10.2. The van der Waals surface area contributed by atoms with Crippen molar-refractivity contribution in [3.8, 4) is 11.3 Å². The minimum Gasteiger partial charge on any atom is -0.379 e. The molecule has 0 spiro atoms. The Hall–Kier alpha value is -1.70. The lowest BCUT2D eigenvalue weighted by Crippen LogP contribution is -2.40. The van der Waals surface area contributed by atoms with Crippen molar-refractivity contribution in [1.29, 1.82) is 0 Å². The van der Waals surface area contributed by atoms with Crippen LogP contribution in [0.25, 0.3) is 11.3 Å². The van der Waals surface area contributed by atoms with Crippen LogP contribution in [-0.2, 0) is 14.8 Å². The summed E-state index contributed by atoms with van der Waals surface area (Å²) in [6.07, 6.45) is 1.64. The molecule has 1 aliphatic rings. The summed E-state index contributed by atoms with van der Waals surface area (Å²) in [6, 6.07) is 8.68. The highest BCUT2D eigenvalue weighted by Gasteiger charge is 2.26. The standard InChI is InChI=1S/C13H15N3O3S/c17-20(18,16-6-8-19-9-7-16)12-3-1-2-11(10-12)13-4-5-14-15-13/h1-5,10H,6-9H2,(H,14,15). The van der Waals surface area contributed by atoms with Crippen LogP contribution in [0.4, 0.5) is 0 Å². The zero-order chi connectivity index (χ0) is 14.0. The molecule has 6 nitrogen and oxygen atoms in total. The van der Waals surface area contributed by atoms with Crippen molar-refractivity contribution in [2.45, 2.75) is 4.90 Å². The van der Waals surface area contributed by atoms with E-state index in [0.717, 1.165) is 11.3 Å². The van der Waals surface area contributed by atoms with Crippen LogP contribution in [0.2, 0.25) is 0 Å². The van der Waals surface area contributed by atoms with Gasteiger partial charge >= 0.3 is 0 Å². The van der Waals surface area contributed by atoms with E-state index in [9.17, 15) is 8.42 Å². The topological polar surface area (TPSA) is 75.3 Å². The Balaban J connectivity index is 1.95. The third-order valence-corrected chi connectivity index (χ3v) is 5.15. The molecule has 1 aliphatic heterocycles. The predicted molar refractivity (Wildman–Crippen MR) is 73.6 cm³/mol. The van der Waals surface area contributed by atoms with E-state index in [4.69, 9.17) is 4.74 Å². The van der Waals surface area contributed by atoms with Gasteiger partial charge in [0.05, 0.1) is 23.8 Å². The molecule has 1 N–H and O–H groups in total. The van der Waals surface area contributed by atoms with Crippen LogP contribution < -0.4 is 0 Å². The van der Waals surface area contributed by atoms with Gasteiger partial charge in [-0.05, 0) is 18.2 Å². The van der Waals surface area contributed by atoms with Gasteiger partial charge in [0, 0.05) is 24.8 Å². The van der Waals surface area contributed by atoms with E-state index in [-0.39, 0.29) is 0 Å². The zero-order valence-corrected chi connectivity index (χ0v) is 11.6. The van der Waals surface area contributed by atoms with Crippen LogP contribution in [-0.4, -0.2) is 49.2 Å². The number of morpholine rings is 1. The molecule has 0 unspecified atom stereocenters. The number of H-pyrrole nitrogens is 1. The maximum absolute atomic E-state index is 12.6. The van der Waals surface area contributed by atoms with Crippen molar-refractivity contribution in [2.75, 3.05) is 26.3 Å². The Bertz CT molecular complexity index is 677. The van der Waals surface area contributed by atoms with E-state index in [1.807, 2.05) is 6.07 Å². The van der Waals surface area contributed by atoms with Gasteiger partial charge in [-0.25, -0.2) is 8.42 Å². The zero-order valence-electron chi connectivity index (χ0n) is 10.8. The lowest BCUT2D eigenvalue weighted by molar-refractivity contribution is 0.0730. The molecular formula is C13H15N3O3S. The number of hydrogen-bond donors (Lipinski definition) is 1. The second-order valence-electron chi connectivity index (χ2n) is 4.51. The predicted octanol–water partition coefficient (Wildman–Crippen LogP) is 1.10. The van der Waals surface area contributed by atoms with Crippen molar-refractivity contribution in [1.82, 2.24) is 14.5 Å². The van der Waals surface area contributed by atoms with Gasteiger partial charge in [0.1, 0.15) is 0 Å². The van der Waals surface area contributed by atoms with Gasteiger partial charge in [-0.15, -0.1) is 0 Å². The summed E-state index contributed by atoms with van der Waals surface area (Å²) in [5.74, 6) is 0. The van der Waals surface area contributed by atoms with E-state index in [1.165, 1.54) is 4.31 Å². The monoisotopic (exact) mass is 293 g/mol. The number of nitrogens with zero attached hydrogens (tertiary/aromatic N) is 2. The molecule has 3 rings (SSSR count). The summed E-state index contributed by atoms with van der Waals surface area (Å²) in [6.45, 7) is 1.69. The maximum Gasteiger partial charge on any atom is 0.243 e.